The fraction of sp³-hybridized carbons (Fsp3) is 0.533. The number of carbonyl (C=O) groups excluding carboxylic acids is 1. The fourth-order valence-electron chi connectivity index (χ4n) is 2.49. The van der Waals surface area contributed by atoms with E-state index < -0.39 is 0 Å². The SMILES string of the molecule is COc1ccc(CN2C(=O)CCCCC2CO)cc1. The van der Waals surface area contributed by atoms with Gasteiger partial charge in [-0.05, 0) is 30.5 Å². The maximum atomic E-state index is 12.1. The van der Waals surface area contributed by atoms with Gasteiger partial charge in [0.2, 0.25) is 5.91 Å². The first-order valence-corrected chi connectivity index (χ1v) is 6.78. The predicted molar refractivity (Wildman–Crippen MR) is 72.9 cm³/mol. The smallest absolute Gasteiger partial charge is 0.223 e. The van der Waals surface area contributed by atoms with E-state index in [1.165, 1.54) is 0 Å². The van der Waals surface area contributed by atoms with E-state index in [2.05, 4.69) is 0 Å². The molecule has 1 unspecified atom stereocenters. The average Bonchev–Trinajstić information content (AvgIpc) is 2.62. The van der Waals surface area contributed by atoms with Gasteiger partial charge in [0.25, 0.3) is 0 Å². The third kappa shape index (κ3) is 3.47. The quantitative estimate of drug-likeness (QED) is 0.903. The second-order valence-corrected chi connectivity index (χ2v) is 4.95. The molecule has 1 amide bonds. The van der Waals surface area contributed by atoms with E-state index >= 15 is 0 Å². The number of carbonyl (C=O) groups is 1. The number of rotatable bonds is 4. The zero-order valence-corrected chi connectivity index (χ0v) is 11.3. The van der Waals surface area contributed by atoms with E-state index in [4.69, 9.17) is 4.74 Å². The molecule has 1 saturated heterocycles. The van der Waals surface area contributed by atoms with Crippen molar-refractivity contribution >= 4 is 5.91 Å². The standard InChI is InChI=1S/C15H21NO3/c1-19-14-8-6-12(7-9-14)10-16-13(11-17)4-2-3-5-15(16)18/h6-9,13,17H,2-5,10-11H2,1H3. The summed E-state index contributed by atoms with van der Waals surface area (Å²) < 4.78 is 5.12. The molecule has 1 aromatic rings. The number of hydrogen-bond acceptors (Lipinski definition) is 3. The molecule has 1 N–H and O–H groups in total. The zero-order chi connectivity index (χ0) is 13.7. The number of aliphatic hydroxyl groups is 1. The third-order valence-corrected chi connectivity index (χ3v) is 3.66. The number of nitrogens with zero attached hydrogens (tertiary/aromatic N) is 1. The lowest BCUT2D eigenvalue weighted by molar-refractivity contribution is -0.134. The van der Waals surface area contributed by atoms with Gasteiger partial charge in [-0.2, -0.15) is 0 Å². The Morgan fingerprint density at radius 3 is 2.68 bits per heavy atom. The van der Waals surface area contributed by atoms with Crippen molar-refractivity contribution in [2.45, 2.75) is 38.3 Å². The van der Waals surface area contributed by atoms with E-state index in [-0.39, 0.29) is 18.6 Å². The first-order valence-electron chi connectivity index (χ1n) is 6.78. The number of amides is 1. The predicted octanol–water partition coefficient (Wildman–Crippen LogP) is 1.96. The zero-order valence-electron chi connectivity index (χ0n) is 11.3. The fourth-order valence-corrected chi connectivity index (χ4v) is 2.49. The van der Waals surface area contributed by atoms with Crippen LogP contribution in [0.25, 0.3) is 0 Å². The van der Waals surface area contributed by atoms with Gasteiger partial charge in [0.15, 0.2) is 0 Å². The monoisotopic (exact) mass is 263 g/mol. The highest BCUT2D eigenvalue weighted by Gasteiger charge is 2.25. The van der Waals surface area contributed by atoms with Crippen molar-refractivity contribution in [3.8, 4) is 5.75 Å². The Hall–Kier alpha value is -1.55. The van der Waals surface area contributed by atoms with Crippen molar-refractivity contribution in [2.24, 2.45) is 0 Å². The molecule has 1 aliphatic rings. The van der Waals surface area contributed by atoms with Gasteiger partial charge in [-0.3, -0.25) is 4.79 Å². The molecule has 0 aromatic heterocycles. The molecule has 19 heavy (non-hydrogen) atoms. The minimum absolute atomic E-state index is 0.0435. The highest BCUT2D eigenvalue weighted by atomic mass is 16.5. The number of likely N-dealkylation sites (tertiary alicyclic amines) is 1. The Labute approximate surface area is 114 Å². The molecule has 4 heteroatoms. The van der Waals surface area contributed by atoms with Gasteiger partial charge in [-0.1, -0.05) is 18.6 Å². The molecular formula is C15H21NO3. The maximum Gasteiger partial charge on any atom is 0.223 e. The van der Waals surface area contributed by atoms with Crippen LogP contribution in [0.5, 0.6) is 5.75 Å². The van der Waals surface area contributed by atoms with Crippen LogP contribution < -0.4 is 4.74 Å². The molecule has 2 rings (SSSR count). The second-order valence-electron chi connectivity index (χ2n) is 4.95. The van der Waals surface area contributed by atoms with Crippen molar-refractivity contribution in [1.82, 2.24) is 4.90 Å². The van der Waals surface area contributed by atoms with E-state index in [1.807, 2.05) is 29.2 Å². The summed E-state index contributed by atoms with van der Waals surface area (Å²) in [6, 6.07) is 7.67. The minimum atomic E-state index is -0.0444. The van der Waals surface area contributed by atoms with Crippen LogP contribution in [0, 0.1) is 0 Å². The van der Waals surface area contributed by atoms with Crippen LogP contribution in [-0.4, -0.2) is 35.7 Å². The summed E-state index contributed by atoms with van der Waals surface area (Å²) in [6.07, 6.45) is 3.41. The topological polar surface area (TPSA) is 49.8 Å². The van der Waals surface area contributed by atoms with Gasteiger partial charge < -0.3 is 14.7 Å². The van der Waals surface area contributed by atoms with Crippen LogP contribution in [0.4, 0.5) is 0 Å². The molecule has 0 radical (unpaired) electrons. The van der Waals surface area contributed by atoms with Crippen molar-refractivity contribution < 1.29 is 14.6 Å². The van der Waals surface area contributed by atoms with Crippen LogP contribution in [0.2, 0.25) is 0 Å². The normalized spacial score (nSPS) is 20.2. The molecule has 0 bridgehead atoms. The maximum absolute atomic E-state index is 12.1. The molecule has 0 aliphatic carbocycles. The highest BCUT2D eigenvalue weighted by molar-refractivity contribution is 5.76. The average molecular weight is 263 g/mol. The second kappa shape index (κ2) is 6.57. The molecular weight excluding hydrogens is 242 g/mol. The summed E-state index contributed by atoms with van der Waals surface area (Å²) in [5.41, 5.74) is 1.06. The Bertz CT molecular complexity index is 416. The lowest BCUT2D eigenvalue weighted by atomic mass is 10.1. The lowest BCUT2D eigenvalue weighted by Gasteiger charge is -2.29. The summed E-state index contributed by atoms with van der Waals surface area (Å²) in [6.45, 7) is 0.607. The molecule has 1 aliphatic heterocycles. The molecule has 1 aromatic carbocycles. The summed E-state index contributed by atoms with van der Waals surface area (Å²) in [5, 5.41) is 9.45. The molecule has 0 spiro atoms. The van der Waals surface area contributed by atoms with Gasteiger partial charge >= 0.3 is 0 Å². The van der Waals surface area contributed by atoms with E-state index in [9.17, 15) is 9.90 Å². The summed E-state index contributed by atoms with van der Waals surface area (Å²) in [5.74, 6) is 0.956. The Kier molecular flexibility index (Phi) is 4.80. The van der Waals surface area contributed by atoms with Crippen LogP contribution in [-0.2, 0) is 11.3 Å². The Morgan fingerprint density at radius 1 is 1.32 bits per heavy atom. The minimum Gasteiger partial charge on any atom is -0.497 e. The van der Waals surface area contributed by atoms with Crippen LogP contribution >= 0.6 is 0 Å². The van der Waals surface area contributed by atoms with E-state index in [1.54, 1.807) is 7.11 Å². The van der Waals surface area contributed by atoms with Crippen molar-refractivity contribution in [3.63, 3.8) is 0 Å². The molecule has 1 heterocycles. The van der Waals surface area contributed by atoms with Gasteiger partial charge in [0, 0.05) is 13.0 Å². The Morgan fingerprint density at radius 2 is 2.05 bits per heavy atom. The van der Waals surface area contributed by atoms with Crippen molar-refractivity contribution in [3.05, 3.63) is 29.8 Å². The first kappa shape index (κ1) is 13.9. The van der Waals surface area contributed by atoms with Gasteiger partial charge in [0.05, 0.1) is 19.8 Å². The number of aliphatic hydroxyl groups excluding tert-OH is 1. The molecule has 0 saturated carbocycles. The largest absolute Gasteiger partial charge is 0.497 e. The Balaban J connectivity index is 2.10. The van der Waals surface area contributed by atoms with Crippen LogP contribution in [0.3, 0.4) is 0 Å². The molecule has 4 nitrogen and oxygen atoms in total. The molecule has 104 valence electrons. The van der Waals surface area contributed by atoms with Crippen molar-refractivity contribution in [1.29, 1.82) is 0 Å². The molecule has 1 atom stereocenters. The van der Waals surface area contributed by atoms with Gasteiger partial charge in [-0.15, -0.1) is 0 Å². The third-order valence-electron chi connectivity index (χ3n) is 3.66. The van der Waals surface area contributed by atoms with E-state index in [0.717, 1.165) is 30.6 Å². The highest BCUT2D eigenvalue weighted by Crippen LogP contribution is 2.21. The van der Waals surface area contributed by atoms with Gasteiger partial charge in [-0.25, -0.2) is 0 Å². The number of hydrogen-bond donors (Lipinski definition) is 1. The summed E-state index contributed by atoms with van der Waals surface area (Å²) >= 11 is 0. The van der Waals surface area contributed by atoms with Crippen LogP contribution in [0.1, 0.15) is 31.2 Å². The molecule has 1 fully saturated rings. The van der Waals surface area contributed by atoms with E-state index in [0.29, 0.717) is 13.0 Å². The van der Waals surface area contributed by atoms with Crippen molar-refractivity contribution in [2.75, 3.05) is 13.7 Å². The summed E-state index contributed by atoms with van der Waals surface area (Å²) in [7, 11) is 1.63. The van der Waals surface area contributed by atoms with Crippen LogP contribution in [0.15, 0.2) is 24.3 Å². The number of methoxy groups -OCH3 is 1. The van der Waals surface area contributed by atoms with Gasteiger partial charge in [0.1, 0.15) is 5.75 Å². The lowest BCUT2D eigenvalue weighted by Crippen LogP contribution is -2.40. The summed E-state index contributed by atoms with van der Waals surface area (Å²) in [4.78, 5) is 13.9. The number of ether oxygens (including phenoxy) is 1. The first-order chi connectivity index (χ1) is 9.24. The number of benzene rings is 1.